The first-order chi connectivity index (χ1) is 38.6. The predicted octanol–water partition coefficient (Wildman–Crippen LogP) is 23.7. The van der Waals surface area contributed by atoms with E-state index in [-0.39, 0.29) is 25.2 Å². The Balaban J connectivity index is 3.43. The molecule has 0 aromatic heterocycles. The van der Waals surface area contributed by atoms with Crippen LogP contribution < -0.4 is 0 Å². The molecule has 0 saturated heterocycles. The average Bonchev–Trinajstić information content (AvgIpc) is 3.44. The zero-order chi connectivity index (χ0) is 56.2. The van der Waals surface area contributed by atoms with Crippen molar-refractivity contribution in [2.75, 3.05) is 13.2 Å². The molecule has 0 aliphatic heterocycles. The molecule has 0 aliphatic rings. The van der Waals surface area contributed by atoms with Crippen LogP contribution in [0.3, 0.4) is 0 Å². The maximum absolute atomic E-state index is 12.4. The number of aliphatic hydroxyl groups excluding tert-OH is 1. The van der Waals surface area contributed by atoms with E-state index < -0.39 is 6.10 Å². The molecule has 1 unspecified atom stereocenters. The fourth-order valence-corrected chi connectivity index (χ4v) is 10.1. The summed E-state index contributed by atoms with van der Waals surface area (Å²) in [5.41, 5.74) is 0. The normalized spacial score (nSPS) is 12.7. The largest absolute Gasteiger partial charge is 0.462 e. The molecule has 78 heavy (non-hydrogen) atoms. The van der Waals surface area contributed by atoms with Crippen LogP contribution in [0.2, 0.25) is 0 Å². The lowest BCUT2D eigenvalue weighted by Crippen LogP contribution is -2.28. The maximum Gasteiger partial charge on any atom is 0.306 e. The number of ether oxygens (including phenoxy) is 2. The fourth-order valence-electron chi connectivity index (χ4n) is 10.1. The van der Waals surface area contributed by atoms with Crippen molar-refractivity contribution in [1.29, 1.82) is 0 Å². The Hall–Kier alpha value is -2.92. The van der Waals surface area contributed by atoms with Crippen LogP contribution in [0, 0.1) is 0 Å². The number of rotatable bonds is 63. The third-order valence-corrected chi connectivity index (χ3v) is 15.2. The summed E-state index contributed by atoms with van der Waals surface area (Å²) >= 11 is 0. The standard InChI is InChI=1S/C73H130O5/c1-3-5-7-9-11-13-15-17-19-21-23-25-27-29-31-33-34-35-36-37-38-40-41-43-45-47-49-51-53-55-57-59-61-63-65-67-72(75)77-70-71(69-74)78-73(76)68-66-64-62-60-58-56-54-52-50-48-46-44-42-39-32-30-28-26-24-22-20-18-16-14-12-10-8-6-4-2/h6,8,12,14-15,17-18,20-21,23-24,26,30,32,71,74H,3-5,7,9-11,13,16,19,22,25,27-29,31,33-70H2,1-2H3/b8-6-,14-12-,17-15-,20-18-,23-21-,26-24-,32-30-. The molecule has 0 heterocycles. The number of carbonyl (C=O) groups is 2. The molecule has 452 valence electrons. The molecule has 5 heteroatoms. The first kappa shape index (κ1) is 75.1. The van der Waals surface area contributed by atoms with Crippen molar-refractivity contribution in [1.82, 2.24) is 0 Å². The maximum atomic E-state index is 12.4. The summed E-state index contributed by atoms with van der Waals surface area (Å²) in [5, 5.41) is 9.70. The number of hydrogen-bond acceptors (Lipinski definition) is 5. The summed E-state index contributed by atoms with van der Waals surface area (Å²) in [6.45, 7) is 4.06. The predicted molar refractivity (Wildman–Crippen MR) is 343 cm³/mol. The van der Waals surface area contributed by atoms with E-state index in [2.05, 4.69) is 98.9 Å². The lowest BCUT2D eigenvalue weighted by atomic mass is 10.0. The smallest absolute Gasteiger partial charge is 0.306 e. The Bertz CT molecular complexity index is 1420. The molecule has 0 amide bonds. The first-order valence-electron chi connectivity index (χ1n) is 34.1. The molecular formula is C73H130O5. The SMILES string of the molecule is CC/C=C\C/C=C\C/C=C\C/C=C\C/C=C\CCCCCCCCCCCCCCCC(=O)OC(CO)COC(=O)CCCCCCCCCCCCCCCCCCCCCCCCC/C=C\C/C=C\CCCCCCC. The van der Waals surface area contributed by atoms with Gasteiger partial charge in [-0.15, -0.1) is 0 Å². The summed E-state index contributed by atoms with van der Waals surface area (Å²) in [7, 11) is 0. The van der Waals surface area contributed by atoms with E-state index in [1.165, 1.54) is 244 Å². The van der Waals surface area contributed by atoms with Crippen molar-refractivity contribution >= 4 is 11.9 Å². The van der Waals surface area contributed by atoms with Gasteiger partial charge in [-0.25, -0.2) is 0 Å². The van der Waals surface area contributed by atoms with Gasteiger partial charge >= 0.3 is 11.9 Å². The van der Waals surface area contributed by atoms with Gasteiger partial charge in [0.05, 0.1) is 6.61 Å². The van der Waals surface area contributed by atoms with E-state index >= 15 is 0 Å². The highest BCUT2D eigenvalue weighted by atomic mass is 16.6. The van der Waals surface area contributed by atoms with Crippen molar-refractivity contribution in [2.24, 2.45) is 0 Å². The van der Waals surface area contributed by atoms with Crippen molar-refractivity contribution < 1.29 is 24.2 Å². The first-order valence-corrected chi connectivity index (χ1v) is 34.1. The van der Waals surface area contributed by atoms with Crippen LogP contribution in [0.1, 0.15) is 348 Å². The van der Waals surface area contributed by atoms with Crippen LogP contribution in [-0.2, 0) is 19.1 Å². The zero-order valence-electron chi connectivity index (χ0n) is 51.9. The molecule has 1 N–H and O–H groups in total. The number of carbonyl (C=O) groups excluding carboxylic acids is 2. The zero-order valence-corrected chi connectivity index (χ0v) is 51.9. The Labute approximate surface area is 486 Å². The minimum Gasteiger partial charge on any atom is -0.462 e. The summed E-state index contributed by atoms with van der Waals surface area (Å²) in [6, 6.07) is 0. The van der Waals surface area contributed by atoms with E-state index in [1.54, 1.807) is 0 Å². The Morgan fingerprint density at radius 1 is 0.308 bits per heavy atom. The van der Waals surface area contributed by atoms with E-state index in [9.17, 15) is 14.7 Å². The number of esters is 2. The third kappa shape index (κ3) is 65.6. The van der Waals surface area contributed by atoms with Crippen molar-refractivity contribution in [3.05, 3.63) is 85.1 Å². The topological polar surface area (TPSA) is 72.8 Å². The second-order valence-corrected chi connectivity index (χ2v) is 22.9. The molecule has 0 aliphatic carbocycles. The van der Waals surface area contributed by atoms with Crippen LogP contribution in [0.4, 0.5) is 0 Å². The molecule has 5 nitrogen and oxygen atoms in total. The van der Waals surface area contributed by atoms with Gasteiger partial charge in [-0.1, -0.05) is 330 Å². The van der Waals surface area contributed by atoms with E-state index in [0.29, 0.717) is 12.8 Å². The Morgan fingerprint density at radius 2 is 0.551 bits per heavy atom. The van der Waals surface area contributed by atoms with Gasteiger partial charge < -0.3 is 14.6 Å². The highest BCUT2D eigenvalue weighted by Gasteiger charge is 2.16. The number of allylic oxidation sites excluding steroid dienone is 14. The number of unbranched alkanes of at least 4 members (excludes halogenated alkanes) is 41. The molecule has 0 bridgehead atoms. The van der Waals surface area contributed by atoms with E-state index in [0.717, 1.165) is 77.0 Å². The van der Waals surface area contributed by atoms with Gasteiger partial charge in [0.15, 0.2) is 6.10 Å². The Kier molecular flexibility index (Phi) is 65.8. The molecule has 0 rings (SSSR count). The molecule has 0 fully saturated rings. The highest BCUT2D eigenvalue weighted by molar-refractivity contribution is 5.70. The second-order valence-electron chi connectivity index (χ2n) is 22.9. The number of hydrogen-bond donors (Lipinski definition) is 1. The van der Waals surface area contributed by atoms with Gasteiger partial charge in [0.1, 0.15) is 6.61 Å². The minimum absolute atomic E-state index is 0.0650. The quantitative estimate of drug-likeness (QED) is 0.0373. The Morgan fingerprint density at radius 3 is 0.833 bits per heavy atom. The van der Waals surface area contributed by atoms with Crippen LogP contribution in [-0.4, -0.2) is 36.4 Å². The lowest BCUT2D eigenvalue weighted by Gasteiger charge is -2.15. The van der Waals surface area contributed by atoms with Gasteiger partial charge in [0.2, 0.25) is 0 Å². The molecule has 0 aromatic carbocycles. The molecule has 0 spiro atoms. The average molecular weight is 1090 g/mol. The third-order valence-electron chi connectivity index (χ3n) is 15.2. The molecule has 0 aromatic rings. The molecule has 0 radical (unpaired) electrons. The van der Waals surface area contributed by atoms with E-state index in [1.807, 2.05) is 0 Å². The van der Waals surface area contributed by atoms with E-state index in [4.69, 9.17) is 9.47 Å². The second kappa shape index (κ2) is 68.4. The highest BCUT2D eigenvalue weighted by Crippen LogP contribution is 2.18. The van der Waals surface area contributed by atoms with Crippen LogP contribution in [0.5, 0.6) is 0 Å². The number of aliphatic hydroxyl groups is 1. The van der Waals surface area contributed by atoms with Gasteiger partial charge in [-0.05, 0) is 89.9 Å². The monoisotopic (exact) mass is 1090 g/mol. The summed E-state index contributed by atoms with van der Waals surface area (Å²) in [5.74, 6) is -0.578. The van der Waals surface area contributed by atoms with Gasteiger partial charge in [0, 0.05) is 12.8 Å². The van der Waals surface area contributed by atoms with Crippen molar-refractivity contribution in [3.63, 3.8) is 0 Å². The minimum atomic E-state index is -0.776. The van der Waals surface area contributed by atoms with Gasteiger partial charge in [0.25, 0.3) is 0 Å². The van der Waals surface area contributed by atoms with Crippen LogP contribution >= 0.6 is 0 Å². The summed E-state index contributed by atoms with van der Waals surface area (Å²) in [6.07, 6.45) is 96.1. The summed E-state index contributed by atoms with van der Waals surface area (Å²) < 4.78 is 10.8. The fraction of sp³-hybridized carbons (Fsp3) is 0.781. The van der Waals surface area contributed by atoms with Gasteiger partial charge in [-0.3, -0.25) is 9.59 Å². The van der Waals surface area contributed by atoms with Crippen LogP contribution in [0.25, 0.3) is 0 Å². The lowest BCUT2D eigenvalue weighted by molar-refractivity contribution is -0.161. The van der Waals surface area contributed by atoms with Crippen molar-refractivity contribution in [3.8, 4) is 0 Å². The van der Waals surface area contributed by atoms with Crippen LogP contribution in [0.15, 0.2) is 85.1 Å². The molecule has 1 atom stereocenters. The molecular weight excluding hydrogens is 957 g/mol. The van der Waals surface area contributed by atoms with Gasteiger partial charge in [-0.2, -0.15) is 0 Å². The van der Waals surface area contributed by atoms with Crippen molar-refractivity contribution in [2.45, 2.75) is 354 Å². The molecule has 0 saturated carbocycles. The summed E-state index contributed by atoms with van der Waals surface area (Å²) in [4.78, 5) is 24.6.